The highest BCUT2D eigenvalue weighted by Gasteiger charge is 2.35. The molecule has 1 aromatic rings. The minimum atomic E-state index is -4.55. The van der Waals surface area contributed by atoms with Crippen molar-refractivity contribution in [2.75, 3.05) is 6.61 Å². The number of rotatable bonds is 3. The normalized spacial score (nSPS) is 16.2. The molecule has 5 heteroatoms. The van der Waals surface area contributed by atoms with E-state index >= 15 is 0 Å². The third kappa shape index (κ3) is 2.40. The van der Waals surface area contributed by atoms with E-state index in [4.69, 9.17) is 4.74 Å². The van der Waals surface area contributed by atoms with Crippen molar-refractivity contribution in [2.24, 2.45) is 5.92 Å². The summed E-state index contributed by atoms with van der Waals surface area (Å²) in [4.78, 5) is 0. The zero-order valence-electron chi connectivity index (χ0n) is 8.42. The molecule has 0 saturated heterocycles. The molecule has 1 aromatic carbocycles. The minimum Gasteiger partial charge on any atom is -0.504 e. The number of benzene rings is 1. The number of phenolic OH excluding ortho intramolecular Hbond substituents is 1. The van der Waals surface area contributed by atoms with Crippen LogP contribution in [0, 0.1) is 5.92 Å². The van der Waals surface area contributed by atoms with Gasteiger partial charge in [-0.1, -0.05) is 6.07 Å². The molecule has 1 N–H and O–H groups in total. The zero-order valence-corrected chi connectivity index (χ0v) is 8.42. The topological polar surface area (TPSA) is 29.5 Å². The molecule has 0 aliphatic heterocycles. The van der Waals surface area contributed by atoms with Gasteiger partial charge in [-0.05, 0) is 30.9 Å². The van der Waals surface area contributed by atoms with Gasteiger partial charge in [-0.2, -0.15) is 13.2 Å². The molecule has 0 spiro atoms. The highest BCUT2D eigenvalue weighted by molar-refractivity contribution is 5.46. The molecule has 1 saturated carbocycles. The van der Waals surface area contributed by atoms with Gasteiger partial charge in [-0.25, -0.2) is 0 Å². The van der Waals surface area contributed by atoms with Crippen molar-refractivity contribution in [1.82, 2.24) is 0 Å². The van der Waals surface area contributed by atoms with Crippen LogP contribution >= 0.6 is 0 Å². The van der Waals surface area contributed by atoms with Gasteiger partial charge >= 0.3 is 6.18 Å². The van der Waals surface area contributed by atoms with Gasteiger partial charge in [0.05, 0.1) is 6.61 Å². The Morgan fingerprint density at radius 1 is 1.31 bits per heavy atom. The van der Waals surface area contributed by atoms with E-state index < -0.39 is 17.5 Å². The predicted octanol–water partition coefficient (Wildman–Crippen LogP) is 3.20. The first-order chi connectivity index (χ1) is 7.48. The van der Waals surface area contributed by atoms with Crippen LogP contribution in [0.15, 0.2) is 18.2 Å². The van der Waals surface area contributed by atoms with E-state index in [9.17, 15) is 18.3 Å². The van der Waals surface area contributed by atoms with Crippen LogP contribution in [0.2, 0.25) is 0 Å². The number of hydrogen-bond acceptors (Lipinski definition) is 2. The van der Waals surface area contributed by atoms with Gasteiger partial charge in [0.15, 0.2) is 11.5 Å². The van der Waals surface area contributed by atoms with E-state index in [-0.39, 0.29) is 5.75 Å². The van der Waals surface area contributed by atoms with Crippen LogP contribution in [0.25, 0.3) is 0 Å². The summed E-state index contributed by atoms with van der Waals surface area (Å²) < 4.78 is 42.4. The summed E-state index contributed by atoms with van der Waals surface area (Å²) >= 11 is 0. The highest BCUT2D eigenvalue weighted by Crippen LogP contribution is 2.41. The van der Waals surface area contributed by atoms with Crippen molar-refractivity contribution in [2.45, 2.75) is 19.0 Å². The molecule has 1 aliphatic carbocycles. The van der Waals surface area contributed by atoms with Crippen molar-refractivity contribution in [3.05, 3.63) is 23.8 Å². The molecule has 0 aromatic heterocycles. The summed E-state index contributed by atoms with van der Waals surface area (Å²) in [5.41, 5.74) is -1.05. The molecular formula is C11H11F3O2. The summed E-state index contributed by atoms with van der Waals surface area (Å²) in [5.74, 6) is -0.494. The van der Waals surface area contributed by atoms with Crippen LogP contribution in [0.3, 0.4) is 0 Å². The van der Waals surface area contributed by atoms with Crippen molar-refractivity contribution in [1.29, 1.82) is 0 Å². The van der Waals surface area contributed by atoms with Gasteiger partial charge < -0.3 is 9.84 Å². The number of ether oxygens (including phenoxy) is 1. The maximum absolute atomic E-state index is 12.4. The van der Waals surface area contributed by atoms with Crippen LogP contribution in [-0.4, -0.2) is 11.7 Å². The smallest absolute Gasteiger partial charge is 0.420 e. The second-order valence-electron chi connectivity index (χ2n) is 3.90. The number of para-hydroxylation sites is 1. The largest absolute Gasteiger partial charge is 0.504 e. The zero-order chi connectivity index (χ0) is 11.8. The Bertz CT molecular complexity index is 383. The van der Waals surface area contributed by atoms with Gasteiger partial charge in [-0.15, -0.1) is 0 Å². The third-order valence-electron chi connectivity index (χ3n) is 2.48. The maximum Gasteiger partial charge on any atom is 0.420 e. The average molecular weight is 232 g/mol. The van der Waals surface area contributed by atoms with E-state index in [0.717, 1.165) is 18.9 Å². The fraction of sp³-hybridized carbons (Fsp3) is 0.455. The molecule has 2 nitrogen and oxygen atoms in total. The summed E-state index contributed by atoms with van der Waals surface area (Å²) in [6.45, 7) is 0.370. The molecule has 1 aliphatic rings. The summed E-state index contributed by atoms with van der Waals surface area (Å²) in [6.07, 6.45) is -2.47. The number of aromatic hydroxyl groups is 1. The van der Waals surface area contributed by atoms with Crippen molar-refractivity contribution < 1.29 is 23.0 Å². The lowest BCUT2D eigenvalue weighted by Gasteiger charge is -2.12. The summed E-state index contributed by atoms with van der Waals surface area (Å²) in [7, 11) is 0. The van der Waals surface area contributed by atoms with Gasteiger partial charge in [0.25, 0.3) is 0 Å². The lowest BCUT2D eigenvalue weighted by Crippen LogP contribution is -2.07. The van der Waals surface area contributed by atoms with Crippen molar-refractivity contribution >= 4 is 0 Å². The van der Waals surface area contributed by atoms with E-state index in [1.165, 1.54) is 12.1 Å². The second kappa shape index (κ2) is 3.88. The molecule has 2 rings (SSSR count). The Hall–Kier alpha value is -1.39. The monoisotopic (exact) mass is 232 g/mol. The van der Waals surface area contributed by atoms with E-state index in [0.29, 0.717) is 12.5 Å². The fourth-order valence-electron chi connectivity index (χ4n) is 1.36. The first-order valence-electron chi connectivity index (χ1n) is 5.00. The Morgan fingerprint density at radius 2 is 2.00 bits per heavy atom. The number of hydrogen-bond donors (Lipinski definition) is 1. The Morgan fingerprint density at radius 3 is 2.56 bits per heavy atom. The van der Waals surface area contributed by atoms with Crippen LogP contribution in [0.4, 0.5) is 13.2 Å². The van der Waals surface area contributed by atoms with Gasteiger partial charge in [0.2, 0.25) is 0 Å². The van der Waals surface area contributed by atoms with Crippen LogP contribution in [0.1, 0.15) is 18.4 Å². The molecule has 1 fully saturated rings. The average Bonchev–Trinajstić information content (AvgIpc) is 2.98. The van der Waals surface area contributed by atoms with E-state index in [1.807, 2.05) is 0 Å². The number of halogens is 3. The predicted molar refractivity (Wildman–Crippen MR) is 51.3 cm³/mol. The summed E-state index contributed by atoms with van der Waals surface area (Å²) in [6, 6.07) is 3.40. The van der Waals surface area contributed by atoms with Crippen LogP contribution in [-0.2, 0) is 6.18 Å². The van der Waals surface area contributed by atoms with Gasteiger partial charge in [-0.3, -0.25) is 0 Å². The van der Waals surface area contributed by atoms with E-state index in [2.05, 4.69) is 0 Å². The molecule has 0 bridgehead atoms. The lowest BCUT2D eigenvalue weighted by atomic mass is 10.2. The molecule has 0 atom stereocenters. The van der Waals surface area contributed by atoms with Crippen LogP contribution < -0.4 is 4.74 Å². The maximum atomic E-state index is 12.4. The summed E-state index contributed by atoms with van der Waals surface area (Å²) in [5, 5.41) is 9.41. The molecule has 0 unspecified atom stereocenters. The number of alkyl halides is 3. The molecule has 0 heterocycles. The SMILES string of the molecule is Oc1c(OCC2CC2)cccc1C(F)(F)F. The Kier molecular flexibility index (Phi) is 2.69. The van der Waals surface area contributed by atoms with Gasteiger partial charge in [0, 0.05) is 0 Å². The van der Waals surface area contributed by atoms with Crippen molar-refractivity contribution in [3.63, 3.8) is 0 Å². The fourth-order valence-corrected chi connectivity index (χ4v) is 1.36. The highest BCUT2D eigenvalue weighted by atomic mass is 19.4. The minimum absolute atomic E-state index is 0.0956. The quantitative estimate of drug-likeness (QED) is 0.867. The molecule has 0 amide bonds. The third-order valence-corrected chi connectivity index (χ3v) is 2.48. The Balaban J connectivity index is 2.17. The first-order valence-corrected chi connectivity index (χ1v) is 5.00. The van der Waals surface area contributed by atoms with Gasteiger partial charge in [0.1, 0.15) is 5.56 Å². The standard InChI is InChI=1S/C11H11F3O2/c12-11(13,14)8-2-1-3-9(10(8)15)16-6-7-4-5-7/h1-3,7,15H,4-6H2. The number of phenols is 1. The Labute approximate surface area is 90.7 Å². The van der Waals surface area contributed by atoms with Crippen LogP contribution in [0.5, 0.6) is 11.5 Å². The first kappa shape index (κ1) is 11.1. The molecule has 16 heavy (non-hydrogen) atoms. The lowest BCUT2D eigenvalue weighted by molar-refractivity contribution is -0.138. The molecule has 0 radical (unpaired) electrons. The molecular weight excluding hydrogens is 221 g/mol. The van der Waals surface area contributed by atoms with Crippen molar-refractivity contribution in [3.8, 4) is 11.5 Å². The van der Waals surface area contributed by atoms with E-state index in [1.54, 1.807) is 0 Å². The second-order valence-corrected chi connectivity index (χ2v) is 3.90. The molecule has 88 valence electrons.